The summed E-state index contributed by atoms with van der Waals surface area (Å²) in [7, 11) is -2.92. The molecular weight excluding hydrogens is 590 g/mol. The van der Waals surface area contributed by atoms with Gasteiger partial charge in [0.05, 0.1) is 28.7 Å². The zero-order valence-corrected chi connectivity index (χ0v) is 26.5. The van der Waals surface area contributed by atoms with Gasteiger partial charge in [0.25, 0.3) is 5.91 Å². The number of carboxylic acids is 1. The van der Waals surface area contributed by atoms with Gasteiger partial charge in [0.15, 0.2) is 9.84 Å². The molecule has 2 aliphatic rings. The SMILES string of the molecule is O=C([O-])C1=NN(c2ccccc2)C(=O)/C1=C\c1ccc(-c2ccc(-c3ccc(N4CCS(=O)(=O)CC4)cc3)s2)s1.[Na+]. The average Bonchev–Trinajstić information content (AvgIpc) is 3.69. The van der Waals surface area contributed by atoms with Crippen molar-refractivity contribution in [2.45, 2.75) is 0 Å². The number of nitrogens with zero attached hydrogens (tertiary/aromatic N) is 3. The Morgan fingerprint density at radius 2 is 1.46 bits per heavy atom. The summed E-state index contributed by atoms with van der Waals surface area (Å²) < 4.78 is 23.4. The fraction of sp³-hybridized carbons (Fsp3) is 0.138. The predicted molar refractivity (Wildman–Crippen MR) is 158 cm³/mol. The first-order valence-electron chi connectivity index (χ1n) is 12.4. The number of rotatable bonds is 6. The molecule has 2 aromatic carbocycles. The maximum Gasteiger partial charge on any atom is 1.00 e. The first-order valence-corrected chi connectivity index (χ1v) is 15.9. The zero-order valence-electron chi connectivity index (χ0n) is 22.0. The van der Waals surface area contributed by atoms with E-state index in [1.54, 1.807) is 47.7 Å². The van der Waals surface area contributed by atoms with Crippen LogP contribution in [0.5, 0.6) is 0 Å². The Kier molecular flexibility index (Phi) is 8.65. The molecule has 0 spiro atoms. The van der Waals surface area contributed by atoms with Gasteiger partial charge in [-0.05, 0) is 60.2 Å². The Labute approximate surface area is 267 Å². The van der Waals surface area contributed by atoms with Gasteiger partial charge in [-0.3, -0.25) is 4.79 Å². The Morgan fingerprint density at radius 3 is 2.15 bits per heavy atom. The molecule has 0 N–H and O–H groups in total. The van der Waals surface area contributed by atoms with Crippen LogP contribution >= 0.6 is 22.7 Å². The molecule has 41 heavy (non-hydrogen) atoms. The third-order valence-corrected chi connectivity index (χ3v) is 10.7. The van der Waals surface area contributed by atoms with E-state index < -0.39 is 27.4 Å². The molecule has 0 unspecified atom stereocenters. The Morgan fingerprint density at radius 1 is 0.829 bits per heavy atom. The number of carbonyl (C=O) groups excluding carboxylic acids is 2. The first kappa shape index (κ1) is 29.4. The number of thiophene rings is 2. The number of sulfone groups is 1. The van der Waals surface area contributed by atoms with Crippen LogP contribution < -0.4 is 44.6 Å². The maximum absolute atomic E-state index is 13.0. The van der Waals surface area contributed by atoms with Crippen LogP contribution in [0.2, 0.25) is 0 Å². The molecule has 1 fully saturated rings. The predicted octanol–water partition coefficient (Wildman–Crippen LogP) is 0.918. The van der Waals surface area contributed by atoms with E-state index in [0.717, 1.165) is 35.8 Å². The van der Waals surface area contributed by atoms with Crippen molar-refractivity contribution >= 4 is 67.5 Å². The second-order valence-electron chi connectivity index (χ2n) is 9.30. The molecule has 2 aliphatic heterocycles. The van der Waals surface area contributed by atoms with Gasteiger partial charge in [0.2, 0.25) is 0 Å². The number of amides is 1. The smallest absolute Gasteiger partial charge is 0.543 e. The van der Waals surface area contributed by atoms with Gasteiger partial charge in [0, 0.05) is 38.3 Å². The number of para-hydroxylation sites is 1. The standard InChI is InChI=1S/C29H23N3O5S3.Na/c33-28-23(27(29(34)35)30-32(28)21-4-2-1-3-5-21)18-22-10-11-25(38-22)26-13-12-24(39-26)19-6-8-20(9-7-19)31-14-16-40(36,37)17-15-31;/h1-13,18H,14-17H2,(H,34,35);/q;+1/p-1/b23-18-;. The number of aliphatic carboxylic acids is 1. The third kappa shape index (κ3) is 6.25. The van der Waals surface area contributed by atoms with Crippen LogP contribution in [0.3, 0.4) is 0 Å². The van der Waals surface area contributed by atoms with Crippen molar-refractivity contribution < 1.29 is 52.7 Å². The van der Waals surface area contributed by atoms with Crippen molar-refractivity contribution in [3.8, 4) is 20.2 Å². The Hall–Kier alpha value is -3.06. The Bertz CT molecular complexity index is 1760. The molecule has 0 radical (unpaired) electrons. The van der Waals surface area contributed by atoms with Crippen LogP contribution in [0.25, 0.3) is 26.3 Å². The van der Waals surface area contributed by atoms with Crippen LogP contribution in [0.1, 0.15) is 4.88 Å². The molecule has 0 bridgehead atoms. The molecule has 0 saturated carbocycles. The summed E-state index contributed by atoms with van der Waals surface area (Å²) >= 11 is 3.09. The van der Waals surface area contributed by atoms with Gasteiger partial charge in [-0.1, -0.05) is 30.3 Å². The minimum atomic E-state index is -2.92. The molecule has 0 atom stereocenters. The molecule has 4 aromatic rings. The van der Waals surface area contributed by atoms with Crippen molar-refractivity contribution in [1.29, 1.82) is 0 Å². The number of hydrogen-bond donors (Lipinski definition) is 0. The van der Waals surface area contributed by atoms with Crippen molar-refractivity contribution in [1.82, 2.24) is 0 Å². The Balaban J connectivity index is 0.00000337. The molecule has 202 valence electrons. The minimum Gasteiger partial charge on any atom is -0.543 e. The summed E-state index contributed by atoms with van der Waals surface area (Å²) in [6, 6.07) is 24.7. The van der Waals surface area contributed by atoms with E-state index in [1.165, 1.54) is 11.3 Å². The monoisotopic (exact) mass is 611 g/mol. The zero-order chi connectivity index (χ0) is 27.9. The van der Waals surface area contributed by atoms with Crippen molar-refractivity contribution in [3.05, 3.63) is 89.3 Å². The van der Waals surface area contributed by atoms with E-state index in [1.807, 2.05) is 42.5 Å². The van der Waals surface area contributed by atoms with E-state index >= 15 is 0 Å². The molecule has 6 rings (SSSR count). The number of carboxylic acid groups (broad SMARTS) is 1. The van der Waals surface area contributed by atoms with E-state index in [-0.39, 0.29) is 46.6 Å². The molecule has 1 saturated heterocycles. The molecule has 12 heteroatoms. The third-order valence-electron chi connectivity index (χ3n) is 6.70. The molecule has 1 amide bonds. The van der Waals surface area contributed by atoms with Gasteiger partial charge < -0.3 is 14.8 Å². The second-order valence-corrected chi connectivity index (χ2v) is 13.8. The summed E-state index contributed by atoms with van der Waals surface area (Å²) in [5.74, 6) is -1.66. The van der Waals surface area contributed by atoms with E-state index in [2.05, 4.69) is 16.1 Å². The van der Waals surface area contributed by atoms with Gasteiger partial charge >= 0.3 is 29.6 Å². The van der Waals surface area contributed by atoms with Crippen molar-refractivity contribution in [3.63, 3.8) is 0 Å². The van der Waals surface area contributed by atoms with Crippen molar-refractivity contribution in [2.75, 3.05) is 34.5 Å². The largest absolute Gasteiger partial charge is 1.00 e. The van der Waals surface area contributed by atoms with Crippen molar-refractivity contribution in [2.24, 2.45) is 5.10 Å². The quantitative estimate of drug-likeness (QED) is 0.237. The summed E-state index contributed by atoms with van der Waals surface area (Å²) in [5.41, 5.74) is 2.14. The fourth-order valence-electron chi connectivity index (χ4n) is 4.58. The molecule has 8 nitrogen and oxygen atoms in total. The minimum absolute atomic E-state index is 0. The fourth-order valence-corrected chi connectivity index (χ4v) is 7.83. The number of hydrogen-bond acceptors (Lipinski definition) is 9. The number of anilines is 2. The number of hydrazone groups is 1. The van der Waals surface area contributed by atoms with Gasteiger partial charge in [0.1, 0.15) is 5.71 Å². The molecule has 2 aromatic heterocycles. The van der Waals surface area contributed by atoms with E-state index in [0.29, 0.717) is 18.8 Å². The summed E-state index contributed by atoms with van der Waals surface area (Å²) in [6.07, 6.45) is 1.55. The van der Waals surface area contributed by atoms with Crippen LogP contribution in [0.15, 0.2) is 89.5 Å². The number of carbonyl (C=O) groups is 2. The average molecular weight is 612 g/mol. The van der Waals surface area contributed by atoms with Crippen LogP contribution in [-0.4, -0.2) is 50.6 Å². The topological polar surface area (TPSA) is 110 Å². The van der Waals surface area contributed by atoms with E-state index in [4.69, 9.17) is 0 Å². The van der Waals surface area contributed by atoms with Crippen LogP contribution in [-0.2, 0) is 19.4 Å². The van der Waals surface area contributed by atoms with Crippen LogP contribution in [0, 0.1) is 0 Å². The summed E-state index contributed by atoms with van der Waals surface area (Å²) in [4.78, 5) is 30.7. The normalized spacial score (nSPS) is 17.4. The summed E-state index contributed by atoms with van der Waals surface area (Å²) in [6.45, 7) is 1.02. The molecule has 0 aliphatic carbocycles. The van der Waals surface area contributed by atoms with Gasteiger partial charge in [-0.25, -0.2) is 8.42 Å². The maximum atomic E-state index is 13.0. The van der Waals surface area contributed by atoms with E-state index in [9.17, 15) is 23.1 Å². The van der Waals surface area contributed by atoms with Gasteiger partial charge in [-0.15, -0.1) is 22.7 Å². The van der Waals surface area contributed by atoms with Gasteiger partial charge in [-0.2, -0.15) is 10.1 Å². The second kappa shape index (κ2) is 12.0. The van der Waals surface area contributed by atoms with Crippen LogP contribution in [0.4, 0.5) is 11.4 Å². The molecule has 4 heterocycles. The molecular formula is C29H22N3NaO5S3. The summed E-state index contributed by atoms with van der Waals surface area (Å²) in [5, 5.41) is 16.8. The first-order chi connectivity index (χ1) is 19.3. The number of benzene rings is 2.